The summed E-state index contributed by atoms with van der Waals surface area (Å²) in [5, 5.41) is 3.10. The minimum atomic E-state index is -0.0808. The smallest absolute Gasteiger partial charge is 0.227 e. The summed E-state index contributed by atoms with van der Waals surface area (Å²) in [4.78, 5) is 17.6. The first kappa shape index (κ1) is 16.9. The van der Waals surface area contributed by atoms with E-state index < -0.39 is 0 Å². The molecule has 1 aromatic carbocycles. The molecule has 1 aromatic rings. The maximum absolute atomic E-state index is 12.4. The van der Waals surface area contributed by atoms with E-state index in [4.69, 9.17) is 0 Å². The van der Waals surface area contributed by atoms with Gasteiger partial charge in [-0.1, -0.05) is 12.1 Å². The van der Waals surface area contributed by atoms with Crippen LogP contribution < -0.4 is 10.2 Å². The lowest BCUT2D eigenvalue weighted by Crippen LogP contribution is -2.49. The monoisotopic (exact) mass is 341 g/mol. The number of benzene rings is 1. The lowest BCUT2D eigenvalue weighted by atomic mass is 9.79. The molecule has 0 aliphatic carbocycles. The predicted octanol–water partition coefficient (Wildman–Crippen LogP) is 2.87. The van der Waals surface area contributed by atoms with Gasteiger partial charge in [0.1, 0.15) is 0 Å². The third-order valence-electron chi connectivity index (χ3n) is 6.88. The maximum atomic E-state index is 12.4. The highest BCUT2D eigenvalue weighted by Gasteiger charge is 2.47. The number of hydrogen-bond donors (Lipinski definition) is 1. The Kier molecular flexibility index (Phi) is 4.48. The summed E-state index contributed by atoms with van der Waals surface area (Å²) in [6, 6.07) is 7.29. The van der Waals surface area contributed by atoms with Gasteiger partial charge in [-0.05, 0) is 69.7 Å². The quantitative estimate of drug-likeness (QED) is 0.898. The van der Waals surface area contributed by atoms with Crippen molar-refractivity contribution in [3.63, 3.8) is 0 Å². The van der Waals surface area contributed by atoms with E-state index >= 15 is 0 Å². The SMILES string of the molecule is Cc1cccc(N2CCC(N3CC[C@@]4(CCCNC4=O)C3)CC2)c1C. The summed E-state index contributed by atoms with van der Waals surface area (Å²) in [7, 11) is 0. The summed E-state index contributed by atoms with van der Waals surface area (Å²) in [6.07, 6.45) is 5.70. The number of rotatable bonds is 2. The average molecular weight is 341 g/mol. The van der Waals surface area contributed by atoms with E-state index in [-0.39, 0.29) is 5.41 Å². The number of anilines is 1. The zero-order chi connectivity index (χ0) is 17.4. The van der Waals surface area contributed by atoms with Crippen molar-refractivity contribution in [3.8, 4) is 0 Å². The molecule has 0 radical (unpaired) electrons. The van der Waals surface area contributed by atoms with Crippen LogP contribution in [-0.4, -0.2) is 49.6 Å². The summed E-state index contributed by atoms with van der Waals surface area (Å²) in [6.45, 7) is 9.64. The second-order valence-electron chi connectivity index (χ2n) is 8.30. The summed E-state index contributed by atoms with van der Waals surface area (Å²) in [5.41, 5.74) is 4.12. The Balaban J connectivity index is 1.38. The molecule has 1 spiro atoms. The van der Waals surface area contributed by atoms with E-state index in [0.717, 1.165) is 52.0 Å². The first-order chi connectivity index (χ1) is 12.1. The second kappa shape index (κ2) is 6.64. The van der Waals surface area contributed by atoms with E-state index in [1.165, 1.54) is 29.7 Å². The first-order valence-electron chi connectivity index (χ1n) is 9.93. The van der Waals surface area contributed by atoms with Crippen LogP contribution in [0.2, 0.25) is 0 Å². The topological polar surface area (TPSA) is 35.6 Å². The van der Waals surface area contributed by atoms with Gasteiger partial charge in [0.2, 0.25) is 5.91 Å². The van der Waals surface area contributed by atoms with Crippen molar-refractivity contribution in [2.45, 2.75) is 52.0 Å². The molecule has 3 aliphatic rings. The molecule has 25 heavy (non-hydrogen) atoms. The Morgan fingerprint density at radius 1 is 1.12 bits per heavy atom. The lowest BCUT2D eigenvalue weighted by molar-refractivity contribution is -0.132. The third-order valence-corrected chi connectivity index (χ3v) is 6.88. The fourth-order valence-electron chi connectivity index (χ4n) is 5.09. The molecule has 1 amide bonds. The van der Waals surface area contributed by atoms with Crippen molar-refractivity contribution in [3.05, 3.63) is 29.3 Å². The number of piperidine rings is 2. The molecule has 3 saturated heterocycles. The van der Waals surface area contributed by atoms with Crippen LogP contribution in [0.3, 0.4) is 0 Å². The number of carbonyl (C=O) groups excluding carboxylic acids is 1. The van der Waals surface area contributed by atoms with Crippen LogP contribution in [0.25, 0.3) is 0 Å². The number of carbonyl (C=O) groups is 1. The molecule has 0 saturated carbocycles. The summed E-state index contributed by atoms with van der Waals surface area (Å²) >= 11 is 0. The number of nitrogens with zero attached hydrogens (tertiary/aromatic N) is 2. The highest BCUT2D eigenvalue weighted by Crippen LogP contribution is 2.39. The Bertz CT molecular complexity index is 651. The maximum Gasteiger partial charge on any atom is 0.227 e. The van der Waals surface area contributed by atoms with E-state index in [1.807, 2.05) is 0 Å². The van der Waals surface area contributed by atoms with Crippen molar-refractivity contribution in [1.82, 2.24) is 10.2 Å². The van der Waals surface area contributed by atoms with Gasteiger partial charge in [0.25, 0.3) is 0 Å². The number of likely N-dealkylation sites (tertiary alicyclic amines) is 1. The Morgan fingerprint density at radius 2 is 1.92 bits per heavy atom. The summed E-state index contributed by atoms with van der Waals surface area (Å²) in [5.74, 6) is 0.314. The van der Waals surface area contributed by atoms with Crippen molar-refractivity contribution < 1.29 is 4.79 Å². The zero-order valence-electron chi connectivity index (χ0n) is 15.7. The third kappa shape index (κ3) is 3.05. The van der Waals surface area contributed by atoms with E-state index in [2.05, 4.69) is 47.2 Å². The highest BCUT2D eigenvalue weighted by molar-refractivity contribution is 5.84. The normalized spacial score (nSPS) is 28.6. The molecule has 1 N–H and O–H groups in total. The molecule has 3 heterocycles. The molecule has 0 bridgehead atoms. The van der Waals surface area contributed by atoms with E-state index in [1.54, 1.807) is 0 Å². The van der Waals surface area contributed by atoms with Gasteiger partial charge in [0.15, 0.2) is 0 Å². The molecular formula is C21H31N3O. The molecule has 4 rings (SSSR count). The number of nitrogens with one attached hydrogen (secondary N) is 1. The largest absolute Gasteiger partial charge is 0.371 e. The fourth-order valence-corrected chi connectivity index (χ4v) is 5.09. The van der Waals surface area contributed by atoms with Gasteiger partial charge in [0.05, 0.1) is 5.41 Å². The molecule has 0 unspecified atom stereocenters. The van der Waals surface area contributed by atoms with E-state index in [0.29, 0.717) is 11.9 Å². The van der Waals surface area contributed by atoms with Gasteiger partial charge in [-0.15, -0.1) is 0 Å². The van der Waals surface area contributed by atoms with Crippen LogP contribution in [0.5, 0.6) is 0 Å². The van der Waals surface area contributed by atoms with Crippen LogP contribution in [0.15, 0.2) is 18.2 Å². The number of aryl methyl sites for hydroxylation is 1. The molecule has 1 atom stereocenters. The van der Waals surface area contributed by atoms with E-state index in [9.17, 15) is 4.79 Å². The highest BCUT2D eigenvalue weighted by atomic mass is 16.2. The Hall–Kier alpha value is -1.55. The van der Waals surface area contributed by atoms with Crippen molar-refractivity contribution in [2.24, 2.45) is 5.41 Å². The van der Waals surface area contributed by atoms with Crippen LogP contribution in [0, 0.1) is 19.3 Å². The summed E-state index contributed by atoms with van der Waals surface area (Å²) < 4.78 is 0. The van der Waals surface area contributed by atoms with Gasteiger partial charge in [-0.25, -0.2) is 0 Å². The molecule has 3 aliphatic heterocycles. The molecular weight excluding hydrogens is 310 g/mol. The van der Waals surface area contributed by atoms with Crippen molar-refractivity contribution >= 4 is 11.6 Å². The van der Waals surface area contributed by atoms with Gasteiger partial charge >= 0.3 is 0 Å². The Labute approximate surface area is 151 Å². The Morgan fingerprint density at radius 3 is 2.68 bits per heavy atom. The van der Waals surface area contributed by atoms with Gasteiger partial charge in [-0.3, -0.25) is 9.69 Å². The molecule has 136 valence electrons. The molecule has 3 fully saturated rings. The van der Waals surface area contributed by atoms with Gasteiger partial charge in [-0.2, -0.15) is 0 Å². The van der Waals surface area contributed by atoms with Gasteiger partial charge < -0.3 is 10.2 Å². The van der Waals surface area contributed by atoms with Crippen molar-refractivity contribution in [2.75, 3.05) is 37.6 Å². The number of amides is 1. The molecule has 0 aromatic heterocycles. The lowest BCUT2D eigenvalue weighted by Gasteiger charge is -2.39. The van der Waals surface area contributed by atoms with Crippen LogP contribution >= 0.6 is 0 Å². The predicted molar refractivity (Wildman–Crippen MR) is 102 cm³/mol. The number of hydrogen-bond acceptors (Lipinski definition) is 3. The minimum absolute atomic E-state index is 0.0808. The van der Waals surface area contributed by atoms with Crippen LogP contribution in [0.1, 0.15) is 43.2 Å². The van der Waals surface area contributed by atoms with Crippen LogP contribution in [0.4, 0.5) is 5.69 Å². The van der Waals surface area contributed by atoms with Gasteiger partial charge in [0, 0.05) is 37.9 Å². The molecule has 4 heteroatoms. The molecule has 4 nitrogen and oxygen atoms in total. The zero-order valence-corrected chi connectivity index (χ0v) is 15.7. The first-order valence-corrected chi connectivity index (χ1v) is 9.93. The van der Waals surface area contributed by atoms with Crippen molar-refractivity contribution in [1.29, 1.82) is 0 Å². The average Bonchev–Trinajstić information content (AvgIpc) is 3.05. The second-order valence-corrected chi connectivity index (χ2v) is 8.30. The van der Waals surface area contributed by atoms with Crippen LogP contribution in [-0.2, 0) is 4.79 Å². The standard InChI is InChI=1S/C21H31N3O/c1-16-5-3-6-19(17(16)2)23-12-7-18(8-13-23)24-14-10-21(15-24)9-4-11-22-20(21)25/h3,5-6,18H,4,7-15H2,1-2H3,(H,22,25)/t21-/m0/s1. The fraction of sp³-hybridized carbons (Fsp3) is 0.667. The minimum Gasteiger partial charge on any atom is -0.371 e.